The largest absolute Gasteiger partial charge is 0.330 e. The van der Waals surface area contributed by atoms with E-state index in [1.165, 1.54) is 5.56 Å². The van der Waals surface area contributed by atoms with Crippen molar-refractivity contribution in [1.29, 1.82) is 0 Å². The van der Waals surface area contributed by atoms with Gasteiger partial charge in [0.2, 0.25) is 0 Å². The number of nitrogens with two attached hydrogens (primary N) is 1. The fourth-order valence-corrected chi connectivity index (χ4v) is 2.70. The molecule has 0 bridgehead atoms. The molecule has 0 aliphatic carbocycles. The van der Waals surface area contributed by atoms with Crippen LogP contribution in [0, 0.1) is 5.92 Å². The maximum Gasteiger partial charge on any atom is 0.0406 e. The standard InChI is InChI=1S/C15H24ClN3/c1-18-6-8-19(9-7-18)12-14(11-17)10-13-2-4-15(16)5-3-13/h2-5,14H,6-12,17H2,1H3. The van der Waals surface area contributed by atoms with Gasteiger partial charge in [0.25, 0.3) is 0 Å². The molecule has 0 aromatic heterocycles. The van der Waals surface area contributed by atoms with Crippen molar-refractivity contribution in [1.82, 2.24) is 9.80 Å². The Kier molecular flexibility index (Phi) is 5.64. The summed E-state index contributed by atoms with van der Waals surface area (Å²) in [5.41, 5.74) is 7.26. The lowest BCUT2D eigenvalue weighted by molar-refractivity contribution is 0.137. The van der Waals surface area contributed by atoms with Gasteiger partial charge in [-0.3, -0.25) is 0 Å². The predicted molar refractivity (Wildman–Crippen MR) is 81.6 cm³/mol. The first-order chi connectivity index (χ1) is 9.17. The van der Waals surface area contributed by atoms with Crippen LogP contribution >= 0.6 is 11.6 Å². The third kappa shape index (κ3) is 4.77. The van der Waals surface area contributed by atoms with Crippen molar-refractivity contribution in [3.05, 3.63) is 34.9 Å². The molecule has 0 amide bonds. The number of hydrogen-bond donors (Lipinski definition) is 1. The van der Waals surface area contributed by atoms with Gasteiger partial charge in [0.05, 0.1) is 0 Å². The molecule has 0 spiro atoms. The van der Waals surface area contributed by atoms with Crippen LogP contribution in [-0.4, -0.2) is 56.1 Å². The van der Waals surface area contributed by atoms with Crippen LogP contribution in [0.5, 0.6) is 0 Å². The van der Waals surface area contributed by atoms with Crippen LogP contribution in [0.2, 0.25) is 5.02 Å². The van der Waals surface area contributed by atoms with Crippen molar-refractivity contribution in [2.45, 2.75) is 6.42 Å². The molecule has 1 aliphatic heterocycles. The Hall–Kier alpha value is -0.610. The minimum absolute atomic E-state index is 0.532. The van der Waals surface area contributed by atoms with Crippen molar-refractivity contribution >= 4 is 11.6 Å². The summed E-state index contributed by atoms with van der Waals surface area (Å²) in [5, 5.41) is 0.798. The van der Waals surface area contributed by atoms with Crippen LogP contribution in [0.15, 0.2) is 24.3 Å². The van der Waals surface area contributed by atoms with Gasteiger partial charge < -0.3 is 15.5 Å². The summed E-state index contributed by atoms with van der Waals surface area (Å²) in [5.74, 6) is 0.532. The minimum atomic E-state index is 0.532. The maximum absolute atomic E-state index is 5.93. The van der Waals surface area contributed by atoms with E-state index in [1.807, 2.05) is 12.1 Å². The molecule has 1 unspecified atom stereocenters. The monoisotopic (exact) mass is 281 g/mol. The summed E-state index contributed by atoms with van der Waals surface area (Å²) < 4.78 is 0. The molecule has 4 heteroatoms. The molecule has 19 heavy (non-hydrogen) atoms. The number of piperazine rings is 1. The minimum Gasteiger partial charge on any atom is -0.330 e. The van der Waals surface area contributed by atoms with E-state index in [1.54, 1.807) is 0 Å². The zero-order valence-corrected chi connectivity index (χ0v) is 12.4. The van der Waals surface area contributed by atoms with Crippen LogP contribution in [0.4, 0.5) is 0 Å². The van der Waals surface area contributed by atoms with Crippen LogP contribution in [-0.2, 0) is 6.42 Å². The topological polar surface area (TPSA) is 32.5 Å². The molecule has 1 atom stereocenters. The Morgan fingerprint density at radius 2 is 1.79 bits per heavy atom. The van der Waals surface area contributed by atoms with E-state index < -0.39 is 0 Å². The van der Waals surface area contributed by atoms with Gasteiger partial charge >= 0.3 is 0 Å². The van der Waals surface area contributed by atoms with Gasteiger partial charge in [-0.2, -0.15) is 0 Å². The molecule has 2 rings (SSSR count). The van der Waals surface area contributed by atoms with Crippen LogP contribution < -0.4 is 5.73 Å². The summed E-state index contributed by atoms with van der Waals surface area (Å²) in [6.07, 6.45) is 1.04. The lowest BCUT2D eigenvalue weighted by Gasteiger charge is -2.34. The van der Waals surface area contributed by atoms with E-state index in [0.717, 1.165) is 50.7 Å². The highest BCUT2D eigenvalue weighted by Gasteiger charge is 2.17. The highest BCUT2D eigenvalue weighted by molar-refractivity contribution is 6.30. The Labute approximate surface area is 121 Å². The zero-order valence-electron chi connectivity index (χ0n) is 11.7. The highest BCUT2D eigenvalue weighted by Crippen LogP contribution is 2.14. The van der Waals surface area contributed by atoms with Gasteiger partial charge in [0.15, 0.2) is 0 Å². The second kappa shape index (κ2) is 7.25. The van der Waals surface area contributed by atoms with Crippen molar-refractivity contribution in [3.63, 3.8) is 0 Å². The van der Waals surface area contributed by atoms with Gasteiger partial charge in [-0.05, 0) is 43.6 Å². The zero-order chi connectivity index (χ0) is 13.7. The Balaban J connectivity index is 1.84. The summed E-state index contributed by atoms with van der Waals surface area (Å²) in [4.78, 5) is 4.92. The highest BCUT2D eigenvalue weighted by atomic mass is 35.5. The van der Waals surface area contributed by atoms with E-state index in [4.69, 9.17) is 17.3 Å². The molecule has 0 radical (unpaired) electrons. The van der Waals surface area contributed by atoms with E-state index in [-0.39, 0.29) is 0 Å². The maximum atomic E-state index is 5.93. The third-order valence-corrected chi connectivity index (χ3v) is 4.14. The quantitative estimate of drug-likeness (QED) is 0.892. The average Bonchev–Trinajstić information content (AvgIpc) is 2.43. The normalized spacial score (nSPS) is 19.5. The molecule has 1 aromatic carbocycles. The Bertz CT molecular complexity index is 371. The molecular weight excluding hydrogens is 258 g/mol. The van der Waals surface area contributed by atoms with Crippen LogP contribution in [0.1, 0.15) is 5.56 Å². The number of nitrogens with zero attached hydrogens (tertiary/aromatic N) is 2. The Morgan fingerprint density at radius 3 is 2.37 bits per heavy atom. The first-order valence-corrected chi connectivity index (χ1v) is 7.40. The van der Waals surface area contributed by atoms with Crippen molar-refractivity contribution in [2.75, 3.05) is 46.3 Å². The fraction of sp³-hybridized carbons (Fsp3) is 0.600. The van der Waals surface area contributed by atoms with E-state index in [0.29, 0.717) is 5.92 Å². The SMILES string of the molecule is CN1CCN(CC(CN)Cc2ccc(Cl)cc2)CC1. The number of likely N-dealkylation sites (N-methyl/N-ethyl adjacent to an activating group) is 1. The molecule has 1 heterocycles. The molecular formula is C15H24ClN3. The smallest absolute Gasteiger partial charge is 0.0406 e. The van der Waals surface area contributed by atoms with E-state index in [9.17, 15) is 0 Å². The Morgan fingerprint density at radius 1 is 1.16 bits per heavy atom. The van der Waals surface area contributed by atoms with Gasteiger partial charge in [0.1, 0.15) is 0 Å². The summed E-state index contributed by atoms with van der Waals surface area (Å²) >= 11 is 5.91. The van der Waals surface area contributed by atoms with Gasteiger partial charge in [0, 0.05) is 37.7 Å². The molecule has 2 N–H and O–H groups in total. The first-order valence-electron chi connectivity index (χ1n) is 7.03. The molecule has 0 saturated carbocycles. The lowest BCUT2D eigenvalue weighted by Crippen LogP contribution is -2.47. The molecule has 1 fully saturated rings. The second-order valence-corrected chi connectivity index (χ2v) is 5.97. The van der Waals surface area contributed by atoms with Crippen LogP contribution in [0.3, 0.4) is 0 Å². The van der Waals surface area contributed by atoms with Gasteiger partial charge in [-0.1, -0.05) is 23.7 Å². The lowest BCUT2D eigenvalue weighted by atomic mass is 9.98. The number of rotatable bonds is 5. The van der Waals surface area contributed by atoms with E-state index in [2.05, 4.69) is 29.0 Å². The van der Waals surface area contributed by atoms with Gasteiger partial charge in [-0.15, -0.1) is 0 Å². The van der Waals surface area contributed by atoms with Gasteiger partial charge in [-0.25, -0.2) is 0 Å². The molecule has 1 saturated heterocycles. The summed E-state index contributed by atoms with van der Waals surface area (Å²) in [6.45, 7) is 6.50. The van der Waals surface area contributed by atoms with Crippen molar-refractivity contribution in [3.8, 4) is 0 Å². The molecule has 1 aromatic rings. The molecule has 106 valence electrons. The second-order valence-electron chi connectivity index (χ2n) is 5.54. The van der Waals surface area contributed by atoms with E-state index >= 15 is 0 Å². The fourth-order valence-electron chi connectivity index (χ4n) is 2.57. The van der Waals surface area contributed by atoms with Crippen LogP contribution in [0.25, 0.3) is 0 Å². The molecule has 3 nitrogen and oxygen atoms in total. The predicted octanol–water partition coefficient (Wildman–Crippen LogP) is 1.70. The summed E-state index contributed by atoms with van der Waals surface area (Å²) in [7, 11) is 2.19. The third-order valence-electron chi connectivity index (χ3n) is 3.88. The van der Waals surface area contributed by atoms with Crippen molar-refractivity contribution in [2.24, 2.45) is 11.7 Å². The summed E-state index contributed by atoms with van der Waals surface area (Å²) in [6, 6.07) is 8.13. The number of halogens is 1. The first kappa shape index (κ1) is 14.8. The average molecular weight is 282 g/mol. The number of benzene rings is 1. The number of hydrogen-bond acceptors (Lipinski definition) is 3. The van der Waals surface area contributed by atoms with Crippen molar-refractivity contribution < 1.29 is 0 Å². The molecule has 1 aliphatic rings.